The lowest BCUT2D eigenvalue weighted by molar-refractivity contribution is -0.141. The topological polar surface area (TPSA) is 63.7 Å². The highest BCUT2D eigenvalue weighted by atomic mass is 35.7. The van der Waals surface area contributed by atoms with E-state index in [-0.39, 0.29) is 6.42 Å². The molecule has 1 aromatic carbocycles. The van der Waals surface area contributed by atoms with Crippen molar-refractivity contribution in [1.29, 1.82) is 0 Å². The zero-order valence-corrected chi connectivity index (χ0v) is 10.5. The number of fused-ring (bicyclic) bond motifs is 1. The first-order chi connectivity index (χ1) is 7.95. The minimum absolute atomic E-state index is 0.273. The molecule has 7 heteroatoms. The van der Waals surface area contributed by atoms with Gasteiger partial charge in [-0.2, -0.15) is 8.42 Å². The number of anilines is 1. The van der Waals surface area contributed by atoms with E-state index in [1.54, 1.807) is 24.3 Å². The molecule has 0 saturated heterocycles. The lowest BCUT2D eigenvalue weighted by Gasteiger charge is -2.21. The normalized spacial score (nSPS) is 18.9. The van der Waals surface area contributed by atoms with Crippen LogP contribution in [-0.2, 0) is 25.2 Å². The molecule has 92 valence electrons. The summed E-state index contributed by atoms with van der Waals surface area (Å²) in [4.78, 5) is 11.6. The van der Waals surface area contributed by atoms with Crippen LogP contribution in [0.5, 0.6) is 0 Å². The highest BCUT2D eigenvalue weighted by molar-refractivity contribution is 8.14. The van der Waals surface area contributed by atoms with E-state index in [9.17, 15) is 13.2 Å². The van der Waals surface area contributed by atoms with Crippen LogP contribution in [0.3, 0.4) is 0 Å². The predicted octanol–water partition coefficient (Wildman–Crippen LogP) is 1.07. The van der Waals surface area contributed by atoms with Crippen molar-refractivity contribution >= 4 is 31.6 Å². The van der Waals surface area contributed by atoms with Gasteiger partial charge in [-0.05, 0) is 11.6 Å². The third kappa shape index (κ3) is 2.10. The maximum absolute atomic E-state index is 11.6. The summed E-state index contributed by atoms with van der Waals surface area (Å²) < 4.78 is 28.5. The third-order valence-electron chi connectivity index (χ3n) is 2.63. The van der Waals surface area contributed by atoms with E-state index in [0.717, 1.165) is 9.87 Å². The summed E-state index contributed by atoms with van der Waals surface area (Å²) >= 11 is 0. The Balaban J connectivity index is 2.52. The van der Waals surface area contributed by atoms with Gasteiger partial charge in [-0.1, -0.05) is 18.2 Å². The molecule has 1 aromatic rings. The van der Waals surface area contributed by atoms with E-state index < -0.39 is 21.2 Å². The minimum atomic E-state index is -4.02. The van der Waals surface area contributed by atoms with Crippen LogP contribution < -0.4 is 4.31 Å². The number of esters is 1. The smallest absolute Gasteiger partial charge is 0.330 e. The number of benzene rings is 1. The number of ether oxygens (including phenoxy) is 1. The zero-order valence-electron chi connectivity index (χ0n) is 8.96. The van der Waals surface area contributed by atoms with E-state index in [4.69, 9.17) is 10.7 Å². The molecular weight excluding hydrogens is 266 g/mol. The number of methoxy groups -OCH3 is 1. The Morgan fingerprint density at radius 3 is 2.71 bits per heavy atom. The van der Waals surface area contributed by atoms with Gasteiger partial charge in [0.05, 0.1) is 12.8 Å². The Labute approximate surface area is 103 Å². The number of halogens is 1. The van der Waals surface area contributed by atoms with Crippen LogP contribution in [-0.4, -0.2) is 27.5 Å². The van der Waals surface area contributed by atoms with Crippen molar-refractivity contribution in [2.24, 2.45) is 0 Å². The number of hydrogen-bond donors (Lipinski definition) is 0. The number of rotatable bonds is 2. The van der Waals surface area contributed by atoms with Gasteiger partial charge in [-0.3, -0.25) is 0 Å². The van der Waals surface area contributed by atoms with E-state index in [2.05, 4.69) is 4.74 Å². The van der Waals surface area contributed by atoms with Crippen molar-refractivity contribution in [1.82, 2.24) is 0 Å². The highest BCUT2D eigenvalue weighted by Crippen LogP contribution is 2.35. The van der Waals surface area contributed by atoms with Gasteiger partial charge in [0.1, 0.15) is 6.04 Å². The monoisotopic (exact) mass is 275 g/mol. The fraction of sp³-hybridized carbons (Fsp3) is 0.300. The van der Waals surface area contributed by atoms with Crippen LogP contribution >= 0.6 is 10.7 Å². The van der Waals surface area contributed by atoms with Gasteiger partial charge in [-0.25, -0.2) is 9.10 Å². The van der Waals surface area contributed by atoms with Crippen molar-refractivity contribution in [3.05, 3.63) is 29.8 Å². The molecule has 1 atom stereocenters. The van der Waals surface area contributed by atoms with Crippen LogP contribution in [0.25, 0.3) is 0 Å². The molecule has 0 fully saturated rings. The summed E-state index contributed by atoms with van der Waals surface area (Å²) in [5, 5.41) is 0. The first kappa shape index (κ1) is 12.2. The number of nitrogens with zero attached hydrogens (tertiary/aromatic N) is 1. The first-order valence-corrected chi connectivity index (χ1v) is 7.11. The van der Waals surface area contributed by atoms with Gasteiger partial charge < -0.3 is 4.74 Å². The van der Waals surface area contributed by atoms with Crippen molar-refractivity contribution < 1.29 is 17.9 Å². The van der Waals surface area contributed by atoms with Gasteiger partial charge >= 0.3 is 15.2 Å². The molecule has 0 aliphatic carbocycles. The van der Waals surface area contributed by atoms with Crippen molar-refractivity contribution in [2.45, 2.75) is 12.5 Å². The molecule has 0 spiro atoms. The second-order valence-corrected chi connectivity index (χ2v) is 6.00. The SMILES string of the molecule is COC(=O)[C@@H]1Cc2ccccc2N1S(=O)(=O)Cl. The molecule has 0 N–H and O–H groups in total. The molecule has 1 aliphatic heterocycles. The minimum Gasteiger partial charge on any atom is -0.467 e. The van der Waals surface area contributed by atoms with Crippen LogP contribution in [0.1, 0.15) is 5.56 Å². The van der Waals surface area contributed by atoms with E-state index in [1.165, 1.54) is 7.11 Å². The van der Waals surface area contributed by atoms with Crippen molar-refractivity contribution in [3.8, 4) is 0 Å². The summed E-state index contributed by atoms with van der Waals surface area (Å²) in [6, 6.07) is 5.91. The fourth-order valence-corrected chi connectivity index (χ4v) is 3.33. The molecule has 0 bridgehead atoms. The van der Waals surface area contributed by atoms with Gasteiger partial charge in [0.15, 0.2) is 0 Å². The molecule has 0 amide bonds. The molecule has 2 rings (SSSR count). The molecule has 1 aliphatic rings. The lowest BCUT2D eigenvalue weighted by atomic mass is 10.1. The van der Waals surface area contributed by atoms with Gasteiger partial charge in [0.2, 0.25) is 0 Å². The number of carbonyl (C=O) groups excluding carboxylic acids is 1. The third-order valence-corrected chi connectivity index (χ3v) is 4.00. The summed E-state index contributed by atoms with van der Waals surface area (Å²) in [7, 11) is 2.55. The summed E-state index contributed by atoms with van der Waals surface area (Å²) in [5.41, 5.74) is 1.19. The van der Waals surface area contributed by atoms with Crippen molar-refractivity contribution in [2.75, 3.05) is 11.4 Å². The van der Waals surface area contributed by atoms with Crippen LogP contribution in [0.4, 0.5) is 5.69 Å². The number of carbonyl (C=O) groups is 1. The van der Waals surface area contributed by atoms with E-state index >= 15 is 0 Å². The van der Waals surface area contributed by atoms with E-state index in [1.807, 2.05) is 0 Å². The fourth-order valence-electron chi connectivity index (χ4n) is 1.94. The average molecular weight is 276 g/mol. The molecule has 0 unspecified atom stereocenters. The Kier molecular flexibility index (Phi) is 3.01. The van der Waals surface area contributed by atoms with Crippen LogP contribution in [0.2, 0.25) is 0 Å². The Morgan fingerprint density at radius 2 is 2.12 bits per heavy atom. The van der Waals surface area contributed by atoms with Crippen LogP contribution in [0.15, 0.2) is 24.3 Å². The molecule has 17 heavy (non-hydrogen) atoms. The molecule has 1 heterocycles. The van der Waals surface area contributed by atoms with Gasteiger partial charge in [-0.15, -0.1) is 0 Å². The van der Waals surface area contributed by atoms with E-state index in [0.29, 0.717) is 5.69 Å². The Hall–Kier alpha value is -1.27. The molecule has 0 aromatic heterocycles. The van der Waals surface area contributed by atoms with Crippen LogP contribution in [0, 0.1) is 0 Å². The molecular formula is C10H10ClNO4S. The second-order valence-electron chi connectivity index (χ2n) is 3.61. The lowest BCUT2D eigenvalue weighted by Crippen LogP contribution is -2.41. The summed E-state index contributed by atoms with van der Waals surface area (Å²) in [6.45, 7) is 0. The van der Waals surface area contributed by atoms with Crippen molar-refractivity contribution in [3.63, 3.8) is 0 Å². The Morgan fingerprint density at radius 1 is 1.47 bits per heavy atom. The number of hydrogen-bond acceptors (Lipinski definition) is 4. The second kappa shape index (κ2) is 4.19. The molecule has 0 saturated carbocycles. The molecule has 5 nitrogen and oxygen atoms in total. The largest absolute Gasteiger partial charge is 0.467 e. The van der Waals surface area contributed by atoms with Gasteiger partial charge in [0, 0.05) is 17.1 Å². The zero-order chi connectivity index (χ0) is 12.6. The highest BCUT2D eigenvalue weighted by Gasteiger charge is 2.41. The summed E-state index contributed by atoms with van der Waals surface area (Å²) in [5.74, 6) is -0.620. The average Bonchev–Trinajstić information content (AvgIpc) is 2.66. The maximum Gasteiger partial charge on any atom is 0.330 e. The van der Waals surface area contributed by atoms with Gasteiger partial charge in [0.25, 0.3) is 0 Å². The quantitative estimate of drug-likeness (QED) is 0.598. The molecule has 0 radical (unpaired) electrons. The summed E-state index contributed by atoms with van der Waals surface area (Å²) in [6.07, 6.45) is 0.273. The number of para-hydroxylation sites is 1. The standard InChI is InChI=1S/C10H10ClNO4S/c1-16-10(13)9-6-7-4-2-3-5-8(7)12(9)17(11,14)15/h2-5,9H,6H2,1H3/t9-/m0/s1. The Bertz CT molecular complexity index is 557. The maximum atomic E-state index is 11.6. The predicted molar refractivity (Wildman–Crippen MR) is 63.2 cm³/mol. The first-order valence-electron chi connectivity index (χ1n) is 4.85.